The molecule has 1 fully saturated rings. The Kier molecular flexibility index (Phi) is 7.09. The van der Waals surface area contributed by atoms with Crippen LogP contribution in [0.1, 0.15) is 24.5 Å². The molecule has 33 heavy (non-hydrogen) atoms. The number of benzene rings is 1. The zero-order valence-electron chi connectivity index (χ0n) is 17.2. The lowest BCUT2D eigenvalue weighted by molar-refractivity contribution is -0.377. The SMILES string of the molecule is Cc1cc(OC(F)(F)F)cc2c1O[C@H](C(F)(F)F)C(C(=O)OC(C)ONN(O)N1CCC1)=C2. The number of hydrogen-bond acceptors (Lipinski definition) is 9. The summed E-state index contributed by atoms with van der Waals surface area (Å²) in [6, 6.07) is 1.64. The summed E-state index contributed by atoms with van der Waals surface area (Å²) in [4.78, 5) is 17.3. The van der Waals surface area contributed by atoms with Gasteiger partial charge in [-0.2, -0.15) is 13.2 Å². The van der Waals surface area contributed by atoms with Crippen molar-refractivity contribution in [2.45, 2.75) is 45.2 Å². The van der Waals surface area contributed by atoms with Gasteiger partial charge in [-0.3, -0.25) is 5.21 Å². The van der Waals surface area contributed by atoms with Crippen molar-refractivity contribution in [1.29, 1.82) is 0 Å². The molecule has 2 atom stereocenters. The number of hydrazine groups is 2. The summed E-state index contributed by atoms with van der Waals surface area (Å²) in [5, 5.41) is 11.5. The van der Waals surface area contributed by atoms with E-state index in [9.17, 15) is 36.3 Å². The molecule has 1 aromatic rings. The minimum Gasteiger partial charge on any atom is -0.475 e. The van der Waals surface area contributed by atoms with Crippen molar-refractivity contribution in [2.75, 3.05) is 13.1 Å². The summed E-state index contributed by atoms with van der Waals surface area (Å²) in [7, 11) is 0. The summed E-state index contributed by atoms with van der Waals surface area (Å²) in [5.74, 6) is -2.56. The van der Waals surface area contributed by atoms with Gasteiger partial charge in [0.15, 0.2) is 0 Å². The molecule has 2 aliphatic rings. The van der Waals surface area contributed by atoms with Gasteiger partial charge in [0.25, 0.3) is 0 Å². The molecule has 0 bridgehead atoms. The van der Waals surface area contributed by atoms with Crippen LogP contribution >= 0.6 is 0 Å². The van der Waals surface area contributed by atoms with Gasteiger partial charge in [-0.1, -0.05) is 5.59 Å². The minimum absolute atomic E-state index is 0.0698. The lowest BCUT2D eigenvalue weighted by Crippen LogP contribution is -2.55. The van der Waals surface area contributed by atoms with E-state index < -0.39 is 42.2 Å². The molecule has 0 saturated carbocycles. The quantitative estimate of drug-likeness (QED) is 0.260. The molecule has 15 heteroatoms. The predicted molar refractivity (Wildman–Crippen MR) is 95.9 cm³/mol. The molecule has 0 spiro atoms. The van der Waals surface area contributed by atoms with Crippen molar-refractivity contribution in [2.24, 2.45) is 0 Å². The maximum atomic E-state index is 13.6. The number of fused-ring (bicyclic) bond motifs is 1. The van der Waals surface area contributed by atoms with Crippen LogP contribution in [0.4, 0.5) is 26.3 Å². The first-order valence-corrected chi connectivity index (χ1v) is 9.46. The highest BCUT2D eigenvalue weighted by Crippen LogP contribution is 2.41. The van der Waals surface area contributed by atoms with Crippen molar-refractivity contribution in [3.05, 3.63) is 28.8 Å². The molecule has 0 radical (unpaired) electrons. The second kappa shape index (κ2) is 9.34. The summed E-state index contributed by atoms with van der Waals surface area (Å²) >= 11 is 0. The van der Waals surface area contributed by atoms with Crippen LogP contribution in [0, 0.1) is 6.92 Å². The average Bonchev–Trinajstić information content (AvgIpc) is 2.61. The smallest absolute Gasteiger partial charge is 0.475 e. The first-order chi connectivity index (χ1) is 15.2. The largest absolute Gasteiger partial charge is 0.573 e. The molecule has 3 rings (SSSR count). The number of hydrogen-bond donors (Lipinski definition) is 2. The van der Waals surface area contributed by atoms with E-state index in [1.807, 2.05) is 5.59 Å². The molecule has 1 saturated heterocycles. The van der Waals surface area contributed by atoms with Crippen LogP contribution in [0.2, 0.25) is 0 Å². The zero-order chi connectivity index (χ0) is 24.6. The van der Waals surface area contributed by atoms with Gasteiger partial charge in [-0.25, -0.2) is 14.6 Å². The molecular weight excluding hydrogens is 468 g/mol. The number of rotatable bonds is 7. The Morgan fingerprint density at radius 1 is 1.27 bits per heavy atom. The number of nitrogens with one attached hydrogen (secondary N) is 1. The highest BCUT2D eigenvalue weighted by Gasteiger charge is 2.49. The van der Waals surface area contributed by atoms with E-state index in [0.29, 0.717) is 24.4 Å². The zero-order valence-corrected chi connectivity index (χ0v) is 17.2. The summed E-state index contributed by atoms with van der Waals surface area (Å²) < 4.78 is 91.9. The van der Waals surface area contributed by atoms with Crippen molar-refractivity contribution < 1.29 is 55.4 Å². The Morgan fingerprint density at radius 2 is 1.94 bits per heavy atom. The van der Waals surface area contributed by atoms with E-state index in [-0.39, 0.29) is 16.9 Å². The topological polar surface area (TPSA) is 92.7 Å². The molecular formula is C18H19F6N3O6. The lowest BCUT2D eigenvalue weighted by Gasteiger charge is -2.35. The molecule has 184 valence electrons. The van der Waals surface area contributed by atoms with Crippen molar-refractivity contribution in [3.63, 3.8) is 0 Å². The molecule has 0 aliphatic carbocycles. The van der Waals surface area contributed by atoms with Crippen LogP contribution in [-0.2, 0) is 14.4 Å². The summed E-state index contributed by atoms with van der Waals surface area (Å²) in [6.07, 6.45) is -12.7. The third kappa shape index (κ3) is 6.26. The van der Waals surface area contributed by atoms with Gasteiger partial charge in [0.05, 0.1) is 5.57 Å². The average molecular weight is 487 g/mol. The van der Waals surface area contributed by atoms with E-state index in [1.54, 1.807) is 0 Å². The second-order valence-corrected chi connectivity index (χ2v) is 7.12. The van der Waals surface area contributed by atoms with Crippen molar-refractivity contribution in [1.82, 2.24) is 15.9 Å². The van der Waals surface area contributed by atoms with Gasteiger partial charge < -0.3 is 14.2 Å². The molecule has 2 N–H and O–H groups in total. The van der Waals surface area contributed by atoms with Crippen LogP contribution in [0.3, 0.4) is 0 Å². The van der Waals surface area contributed by atoms with Gasteiger partial charge in [0, 0.05) is 18.7 Å². The molecule has 0 amide bonds. The number of aryl methyl sites for hydroxylation is 1. The number of halogens is 6. The number of ether oxygens (including phenoxy) is 3. The predicted octanol–water partition coefficient (Wildman–Crippen LogP) is 3.24. The normalized spacial score (nSPS) is 19.8. The Hall–Kier alpha value is -2.59. The van der Waals surface area contributed by atoms with Gasteiger partial charge in [0.2, 0.25) is 12.4 Å². The number of nitrogens with zero attached hydrogens (tertiary/aromatic N) is 2. The number of carbonyl (C=O) groups excluding carboxylic acids is 1. The van der Waals surface area contributed by atoms with Gasteiger partial charge in [-0.15, -0.1) is 13.2 Å². The van der Waals surface area contributed by atoms with Crippen LogP contribution in [-0.4, -0.2) is 59.5 Å². The maximum absolute atomic E-state index is 13.6. The van der Waals surface area contributed by atoms with Crippen LogP contribution < -0.4 is 15.1 Å². The van der Waals surface area contributed by atoms with Crippen LogP contribution in [0.5, 0.6) is 11.5 Å². The van der Waals surface area contributed by atoms with E-state index in [1.165, 1.54) is 11.9 Å². The van der Waals surface area contributed by atoms with Gasteiger partial charge in [-0.05, 0) is 49.3 Å². The monoisotopic (exact) mass is 487 g/mol. The van der Waals surface area contributed by atoms with E-state index in [4.69, 9.17) is 14.3 Å². The van der Waals surface area contributed by atoms with Gasteiger partial charge >= 0.3 is 18.5 Å². The summed E-state index contributed by atoms with van der Waals surface area (Å²) in [5.41, 5.74) is 0.699. The Labute approximate surface area is 182 Å². The molecule has 9 nitrogen and oxygen atoms in total. The number of alkyl halides is 6. The third-order valence-corrected chi connectivity index (χ3v) is 4.55. The fourth-order valence-electron chi connectivity index (χ4n) is 2.97. The Balaban J connectivity index is 1.80. The molecule has 1 unspecified atom stereocenters. The van der Waals surface area contributed by atoms with Crippen molar-refractivity contribution in [3.8, 4) is 11.5 Å². The van der Waals surface area contributed by atoms with E-state index in [2.05, 4.69) is 4.74 Å². The highest BCUT2D eigenvalue weighted by molar-refractivity contribution is 5.96. The highest BCUT2D eigenvalue weighted by atomic mass is 19.4. The van der Waals surface area contributed by atoms with E-state index >= 15 is 0 Å². The van der Waals surface area contributed by atoms with Crippen molar-refractivity contribution >= 4 is 12.0 Å². The first kappa shape index (κ1) is 25.0. The van der Waals surface area contributed by atoms with Gasteiger partial charge in [0.1, 0.15) is 11.5 Å². The minimum atomic E-state index is -5.04. The van der Waals surface area contributed by atoms with Crippen LogP contribution in [0.15, 0.2) is 17.7 Å². The fourth-order valence-corrected chi connectivity index (χ4v) is 2.97. The Bertz CT molecular complexity index is 918. The second-order valence-electron chi connectivity index (χ2n) is 7.12. The first-order valence-electron chi connectivity index (χ1n) is 9.46. The molecule has 2 heterocycles. The number of esters is 1. The maximum Gasteiger partial charge on any atom is 0.573 e. The fraction of sp³-hybridized carbons (Fsp3) is 0.500. The lowest BCUT2D eigenvalue weighted by atomic mass is 9.99. The standard InChI is InChI=1S/C18H19F6N3O6/c1-9-6-12(32-18(22,23)24)7-11-8-13(15(17(19,20)21)31-14(9)11)16(28)30-10(2)33-25-27(29)26-4-3-5-26/h6-8,10,15,25,29H,3-5H2,1-2H3/t10?,15-/m0/s1. The molecule has 1 aromatic carbocycles. The molecule has 0 aromatic heterocycles. The number of carbonyl (C=O) groups is 1. The van der Waals surface area contributed by atoms with E-state index in [0.717, 1.165) is 25.5 Å². The Morgan fingerprint density at radius 3 is 2.48 bits per heavy atom. The van der Waals surface area contributed by atoms with Crippen LogP contribution in [0.25, 0.3) is 6.08 Å². The molecule has 2 aliphatic heterocycles. The summed E-state index contributed by atoms with van der Waals surface area (Å²) in [6.45, 7) is 3.44. The third-order valence-electron chi connectivity index (χ3n) is 4.55.